The van der Waals surface area contributed by atoms with Gasteiger partial charge in [-0.3, -0.25) is 9.48 Å². The second-order valence-corrected chi connectivity index (χ2v) is 5.14. The van der Waals surface area contributed by atoms with Crippen molar-refractivity contribution >= 4 is 11.6 Å². The van der Waals surface area contributed by atoms with E-state index in [4.69, 9.17) is 5.73 Å². The number of rotatable bonds is 4. The number of benzene rings is 1. The maximum absolute atomic E-state index is 12.2. The molecule has 6 nitrogen and oxygen atoms in total. The van der Waals surface area contributed by atoms with Gasteiger partial charge in [0, 0.05) is 7.05 Å². The number of aromatic hydroxyl groups is 1. The Labute approximate surface area is 123 Å². The molecule has 6 heteroatoms. The molecule has 0 fully saturated rings. The van der Waals surface area contributed by atoms with Crippen LogP contribution in [-0.4, -0.2) is 26.8 Å². The summed E-state index contributed by atoms with van der Waals surface area (Å²) < 4.78 is 1.72. The number of aryl methyl sites for hydroxylation is 2. The summed E-state index contributed by atoms with van der Waals surface area (Å²) in [7, 11) is 1.83. The number of anilines is 1. The molecule has 1 aromatic heterocycles. The van der Waals surface area contributed by atoms with Crippen molar-refractivity contribution in [1.29, 1.82) is 0 Å². The minimum absolute atomic E-state index is 0.193. The molecule has 2 rings (SSSR count). The molecule has 1 atom stereocenters. The minimum atomic E-state index is -0.659. The highest BCUT2D eigenvalue weighted by Gasteiger charge is 2.18. The second kappa shape index (κ2) is 5.97. The van der Waals surface area contributed by atoms with Gasteiger partial charge in [-0.2, -0.15) is 5.10 Å². The summed E-state index contributed by atoms with van der Waals surface area (Å²) in [6.45, 7) is 3.73. The molecule has 2 aromatic rings. The molecule has 0 saturated carbocycles. The van der Waals surface area contributed by atoms with Gasteiger partial charge >= 0.3 is 0 Å². The van der Waals surface area contributed by atoms with E-state index < -0.39 is 6.04 Å². The third-order valence-corrected chi connectivity index (χ3v) is 3.49. The Morgan fingerprint density at radius 1 is 1.38 bits per heavy atom. The first-order valence-corrected chi connectivity index (χ1v) is 6.73. The van der Waals surface area contributed by atoms with Crippen molar-refractivity contribution < 1.29 is 9.90 Å². The Morgan fingerprint density at radius 2 is 2.00 bits per heavy atom. The average Bonchev–Trinajstić information content (AvgIpc) is 2.68. The molecular weight excluding hydrogens is 268 g/mol. The number of phenols is 1. The Kier molecular flexibility index (Phi) is 4.28. The maximum Gasteiger partial charge on any atom is 0.241 e. The van der Waals surface area contributed by atoms with E-state index in [0.29, 0.717) is 12.1 Å². The summed E-state index contributed by atoms with van der Waals surface area (Å²) >= 11 is 0. The largest absolute Gasteiger partial charge is 0.508 e. The second-order valence-electron chi connectivity index (χ2n) is 5.14. The summed E-state index contributed by atoms with van der Waals surface area (Å²) in [6.07, 6.45) is 0.407. The van der Waals surface area contributed by atoms with Gasteiger partial charge in [-0.05, 0) is 38.0 Å². The first-order chi connectivity index (χ1) is 9.88. The van der Waals surface area contributed by atoms with E-state index in [2.05, 4.69) is 10.4 Å². The van der Waals surface area contributed by atoms with Crippen molar-refractivity contribution in [2.24, 2.45) is 12.8 Å². The van der Waals surface area contributed by atoms with Gasteiger partial charge in [0.05, 0.1) is 23.1 Å². The number of aromatic nitrogens is 2. The van der Waals surface area contributed by atoms with Gasteiger partial charge in [-0.25, -0.2) is 0 Å². The van der Waals surface area contributed by atoms with Crippen LogP contribution in [-0.2, 0) is 18.3 Å². The lowest BCUT2D eigenvalue weighted by atomic mass is 10.1. The number of hydrogen-bond donors (Lipinski definition) is 3. The van der Waals surface area contributed by atoms with Crippen LogP contribution in [0.5, 0.6) is 5.75 Å². The monoisotopic (exact) mass is 288 g/mol. The number of nitrogens with two attached hydrogens (primary N) is 1. The van der Waals surface area contributed by atoms with Crippen LogP contribution < -0.4 is 11.1 Å². The van der Waals surface area contributed by atoms with Crippen molar-refractivity contribution in [3.05, 3.63) is 41.2 Å². The summed E-state index contributed by atoms with van der Waals surface area (Å²) in [5.41, 5.74) is 9.20. The SMILES string of the molecule is Cc1nn(C)c(C)c1NC(=O)C(N)Cc1ccc(O)cc1. The normalized spacial score (nSPS) is 12.2. The highest BCUT2D eigenvalue weighted by atomic mass is 16.3. The van der Waals surface area contributed by atoms with Gasteiger partial charge in [0.1, 0.15) is 5.75 Å². The molecule has 0 saturated heterocycles. The van der Waals surface area contributed by atoms with E-state index in [0.717, 1.165) is 17.0 Å². The van der Waals surface area contributed by atoms with Crippen LogP contribution in [0.3, 0.4) is 0 Å². The molecule has 1 heterocycles. The van der Waals surface area contributed by atoms with Gasteiger partial charge < -0.3 is 16.2 Å². The predicted octanol–water partition coefficient (Wildman–Crippen LogP) is 1.25. The van der Waals surface area contributed by atoms with E-state index in [1.165, 1.54) is 0 Å². The number of carbonyl (C=O) groups excluding carboxylic acids is 1. The van der Waals surface area contributed by atoms with Gasteiger partial charge in [0.25, 0.3) is 0 Å². The molecule has 1 aromatic carbocycles. The lowest BCUT2D eigenvalue weighted by Gasteiger charge is -2.12. The number of carbonyl (C=O) groups is 1. The van der Waals surface area contributed by atoms with Gasteiger partial charge in [-0.1, -0.05) is 12.1 Å². The molecular formula is C15H20N4O2. The van der Waals surface area contributed by atoms with Gasteiger partial charge in [0.2, 0.25) is 5.91 Å². The van der Waals surface area contributed by atoms with Crippen LogP contribution in [0.25, 0.3) is 0 Å². The first-order valence-electron chi connectivity index (χ1n) is 6.73. The van der Waals surface area contributed by atoms with Crippen LogP contribution in [0.2, 0.25) is 0 Å². The summed E-state index contributed by atoms with van der Waals surface area (Å²) in [5, 5.41) is 16.3. The maximum atomic E-state index is 12.2. The Hall–Kier alpha value is -2.34. The molecule has 1 unspecified atom stereocenters. The highest BCUT2D eigenvalue weighted by Crippen LogP contribution is 2.18. The van der Waals surface area contributed by atoms with Crippen molar-refractivity contribution in [1.82, 2.24) is 9.78 Å². The molecule has 0 aliphatic heterocycles. The molecule has 112 valence electrons. The number of hydrogen-bond acceptors (Lipinski definition) is 4. The zero-order valence-corrected chi connectivity index (χ0v) is 12.4. The first kappa shape index (κ1) is 15.1. The lowest BCUT2D eigenvalue weighted by molar-refractivity contribution is -0.117. The van der Waals surface area contributed by atoms with E-state index in [1.807, 2.05) is 20.9 Å². The van der Waals surface area contributed by atoms with Gasteiger partial charge in [0.15, 0.2) is 0 Å². The molecule has 1 amide bonds. The van der Waals surface area contributed by atoms with Crippen molar-refractivity contribution in [2.45, 2.75) is 26.3 Å². The van der Waals surface area contributed by atoms with E-state index in [9.17, 15) is 9.90 Å². The fourth-order valence-electron chi connectivity index (χ4n) is 2.15. The number of nitrogens with zero attached hydrogens (tertiary/aromatic N) is 2. The topological polar surface area (TPSA) is 93.2 Å². The minimum Gasteiger partial charge on any atom is -0.508 e. The smallest absolute Gasteiger partial charge is 0.241 e. The van der Waals surface area contributed by atoms with Crippen LogP contribution in [0.15, 0.2) is 24.3 Å². The number of nitrogens with one attached hydrogen (secondary N) is 1. The lowest BCUT2D eigenvalue weighted by Crippen LogP contribution is -2.37. The van der Waals surface area contributed by atoms with Crippen LogP contribution in [0.1, 0.15) is 17.0 Å². The zero-order chi connectivity index (χ0) is 15.6. The number of amides is 1. The summed E-state index contributed by atoms with van der Waals surface area (Å²) in [5.74, 6) is -0.0549. The van der Waals surface area contributed by atoms with E-state index in [-0.39, 0.29) is 11.7 Å². The quantitative estimate of drug-likeness (QED) is 0.789. The Balaban J connectivity index is 2.04. The summed E-state index contributed by atoms with van der Waals surface area (Å²) in [4.78, 5) is 12.2. The molecule has 0 spiro atoms. The third kappa shape index (κ3) is 3.41. The number of phenolic OH excluding ortho intramolecular Hbond substituents is 1. The Morgan fingerprint density at radius 3 is 2.52 bits per heavy atom. The van der Waals surface area contributed by atoms with Gasteiger partial charge in [-0.15, -0.1) is 0 Å². The standard InChI is InChI=1S/C15H20N4O2/c1-9-14(10(2)19(3)18-9)17-15(21)13(16)8-11-4-6-12(20)7-5-11/h4-7,13,20H,8,16H2,1-3H3,(H,17,21). The molecule has 21 heavy (non-hydrogen) atoms. The Bertz CT molecular complexity index is 646. The zero-order valence-electron chi connectivity index (χ0n) is 12.4. The third-order valence-electron chi connectivity index (χ3n) is 3.49. The van der Waals surface area contributed by atoms with E-state index >= 15 is 0 Å². The fourth-order valence-corrected chi connectivity index (χ4v) is 2.15. The van der Waals surface area contributed by atoms with Crippen LogP contribution in [0.4, 0.5) is 5.69 Å². The fraction of sp³-hybridized carbons (Fsp3) is 0.333. The molecule has 0 radical (unpaired) electrons. The average molecular weight is 288 g/mol. The predicted molar refractivity (Wildman–Crippen MR) is 81.1 cm³/mol. The molecule has 0 aliphatic carbocycles. The van der Waals surface area contributed by atoms with Crippen molar-refractivity contribution in [3.8, 4) is 5.75 Å². The van der Waals surface area contributed by atoms with E-state index in [1.54, 1.807) is 28.9 Å². The van der Waals surface area contributed by atoms with Crippen molar-refractivity contribution in [2.75, 3.05) is 5.32 Å². The molecule has 0 bridgehead atoms. The molecule has 0 aliphatic rings. The van der Waals surface area contributed by atoms with Crippen LogP contribution in [0, 0.1) is 13.8 Å². The van der Waals surface area contributed by atoms with Crippen LogP contribution >= 0.6 is 0 Å². The molecule has 4 N–H and O–H groups in total. The summed E-state index contributed by atoms with van der Waals surface area (Å²) in [6, 6.07) is 6.00. The van der Waals surface area contributed by atoms with Crippen molar-refractivity contribution in [3.63, 3.8) is 0 Å². The highest BCUT2D eigenvalue weighted by molar-refractivity contribution is 5.95.